The van der Waals surface area contributed by atoms with Crippen LogP contribution in [0.1, 0.15) is 0 Å². The van der Waals surface area contributed by atoms with Crippen molar-refractivity contribution in [1.82, 2.24) is 29.9 Å². The smallest absolute Gasteiger partial charge is 0.266 e. The zero-order valence-electron chi connectivity index (χ0n) is 12.9. The second-order valence-electron chi connectivity index (χ2n) is 5.15. The average molecular weight is 353 g/mol. The van der Waals surface area contributed by atoms with E-state index in [9.17, 15) is 10.1 Å². The third-order valence-corrected chi connectivity index (χ3v) is 4.74. The first-order valence-corrected chi connectivity index (χ1v) is 8.05. The topological polar surface area (TPSA) is 115 Å². The van der Waals surface area contributed by atoms with Crippen molar-refractivity contribution in [3.63, 3.8) is 0 Å². The van der Waals surface area contributed by atoms with Crippen LogP contribution in [0.15, 0.2) is 42.9 Å². The van der Waals surface area contributed by atoms with Crippen LogP contribution in [0.4, 0.5) is 5.69 Å². The predicted molar refractivity (Wildman–Crippen MR) is 91.8 cm³/mol. The maximum Gasteiger partial charge on any atom is 0.278 e. The summed E-state index contributed by atoms with van der Waals surface area (Å²) in [7, 11) is 1.81. The molecule has 10 heteroatoms. The lowest BCUT2D eigenvalue weighted by molar-refractivity contribution is -0.384. The number of H-pyrrole nitrogens is 1. The van der Waals surface area contributed by atoms with E-state index in [1.165, 1.54) is 23.7 Å². The lowest BCUT2D eigenvalue weighted by atomic mass is 10.1. The number of hydrogen-bond donors (Lipinski definition) is 1. The number of aromatic nitrogens is 6. The Morgan fingerprint density at radius 3 is 2.80 bits per heavy atom. The second kappa shape index (κ2) is 5.91. The number of aromatic amines is 1. The normalized spacial score (nSPS) is 10.9. The lowest BCUT2D eigenvalue weighted by Crippen LogP contribution is -1.94. The Hall–Kier alpha value is -3.40. The van der Waals surface area contributed by atoms with Crippen LogP contribution in [0.2, 0.25) is 0 Å². The number of benzene rings is 1. The van der Waals surface area contributed by atoms with Crippen LogP contribution in [0.5, 0.6) is 0 Å². The van der Waals surface area contributed by atoms with Gasteiger partial charge < -0.3 is 0 Å². The Morgan fingerprint density at radius 2 is 2.12 bits per heavy atom. The number of hydrogen-bond acceptors (Lipinski definition) is 7. The van der Waals surface area contributed by atoms with Gasteiger partial charge in [0.2, 0.25) is 0 Å². The fraction of sp³-hybridized carbons (Fsp3) is 0.0667. The zero-order chi connectivity index (χ0) is 17.4. The molecule has 9 nitrogen and oxygen atoms in total. The first kappa shape index (κ1) is 15.1. The zero-order valence-corrected chi connectivity index (χ0v) is 13.8. The molecule has 4 rings (SSSR count). The highest BCUT2D eigenvalue weighted by molar-refractivity contribution is 7.18. The minimum Gasteiger partial charge on any atom is -0.266 e. The minimum atomic E-state index is -0.414. The lowest BCUT2D eigenvalue weighted by Gasteiger charge is -2.01. The molecule has 124 valence electrons. The molecule has 0 radical (unpaired) electrons. The Bertz CT molecular complexity index is 1050. The van der Waals surface area contributed by atoms with Gasteiger partial charge in [-0.15, -0.1) is 11.3 Å². The Labute approximate surface area is 145 Å². The molecule has 4 aromatic rings. The van der Waals surface area contributed by atoms with Crippen LogP contribution >= 0.6 is 11.3 Å². The quantitative estimate of drug-likeness (QED) is 0.445. The van der Waals surface area contributed by atoms with Crippen LogP contribution in [0.3, 0.4) is 0 Å². The fourth-order valence-electron chi connectivity index (χ4n) is 2.50. The second-order valence-corrected chi connectivity index (χ2v) is 6.14. The van der Waals surface area contributed by atoms with E-state index in [1.54, 1.807) is 29.1 Å². The van der Waals surface area contributed by atoms with Gasteiger partial charge in [-0.3, -0.25) is 19.9 Å². The summed E-state index contributed by atoms with van der Waals surface area (Å²) in [5, 5.41) is 22.9. The maximum atomic E-state index is 11.4. The van der Waals surface area contributed by atoms with Crippen LogP contribution in [-0.4, -0.2) is 34.9 Å². The van der Waals surface area contributed by atoms with Gasteiger partial charge in [0.05, 0.1) is 26.8 Å². The number of thiazole rings is 1. The summed E-state index contributed by atoms with van der Waals surface area (Å²) in [5.41, 5.74) is 1.73. The first-order chi connectivity index (χ1) is 12.1. The summed E-state index contributed by atoms with van der Waals surface area (Å²) in [4.78, 5) is 20.5. The molecule has 1 aromatic carbocycles. The predicted octanol–water partition coefficient (Wildman–Crippen LogP) is 2.90. The number of nitro groups is 1. The maximum absolute atomic E-state index is 11.4. The summed E-state index contributed by atoms with van der Waals surface area (Å²) < 4.78 is 1.70. The average Bonchev–Trinajstić information content (AvgIpc) is 3.34. The molecular formula is C15H11N7O2S. The van der Waals surface area contributed by atoms with Gasteiger partial charge in [0.25, 0.3) is 5.69 Å². The number of aryl methyl sites for hydroxylation is 1. The standard InChI is InChI=1S/C15H11N7O2S/c1-21-11(6-7-18-21)15-19-12(13(25-15)14-16-8-17-20-14)9-4-2-3-5-10(9)22(23)24/h2-8H,1H3,(H,16,17,20). The van der Waals surface area contributed by atoms with Crippen molar-refractivity contribution in [3.05, 3.63) is 53.0 Å². The minimum absolute atomic E-state index is 0.00915. The molecule has 0 fully saturated rings. The molecule has 3 heterocycles. The number of nitro benzene ring substituents is 1. The van der Waals surface area contributed by atoms with Crippen molar-refractivity contribution in [1.29, 1.82) is 0 Å². The summed E-state index contributed by atoms with van der Waals surface area (Å²) >= 11 is 1.38. The molecule has 25 heavy (non-hydrogen) atoms. The van der Waals surface area contributed by atoms with Crippen molar-refractivity contribution in [3.8, 4) is 32.7 Å². The van der Waals surface area contributed by atoms with Crippen molar-refractivity contribution >= 4 is 17.0 Å². The van der Waals surface area contributed by atoms with E-state index in [0.717, 1.165) is 5.69 Å². The molecule has 0 amide bonds. The molecule has 0 saturated carbocycles. The van der Waals surface area contributed by atoms with E-state index in [4.69, 9.17) is 0 Å². The van der Waals surface area contributed by atoms with E-state index >= 15 is 0 Å². The highest BCUT2D eigenvalue weighted by Crippen LogP contribution is 2.41. The third-order valence-electron chi connectivity index (χ3n) is 3.65. The van der Waals surface area contributed by atoms with Crippen LogP contribution < -0.4 is 0 Å². The van der Waals surface area contributed by atoms with Gasteiger partial charge in [0.15, 0.2) is 5.82 Å². The first-order valence-electron chi connectivity index (χ1n) is 7.24. The van der Waals surface area contributed by atoms with Crippen LogP contribution in [-0.2, 0) is 7.05 Å². The van der Waals surface area contributed by atoms with E-state index in [1.807, 2.05) is 13.1 Å². The SMILES string of the molecule is Cn1nccc1-c1nc(-c2ccccc2[N+](=O)[O-])c(-c2ncn[nH]2)s1. The van der Waals surface area contributed by atoms with Gasteiger partial charge in [0.1, 0.15) is 11.3 Å². The van der Waals surface area contributed by atoms with Gasteiger partial charge in [-0.25, -0.2) is 9.97 Å². The number of nitrogens with one attached hydrogen (secondary N) is 1. The van der Waals surface area contributed by atoms with Crippen molar-refractivity contribution in [2.45, 2.75) is 0 Å². The highest BCUT2D eigenvalue weighted by Gasteiger charge is 2.24. The van der Waals surface area contributed by atoms with Gasteiger partial charge in [-0.2, -0.15) is 10.2 Å². The van der Waals surface area contributed by atoms with E-state index < -0.39 is 4.92 Å². The molecule has 0 bridgehead atoms. The number of nitrogens with zero attached hydrogens (tertiary/aromatic N) is 6. The van der Waals surface area contributed by atoms with Crippen molar-refractivity contribution < 1.29 is 4.92 Å². The largest absolute Gasteiger partial charge is 0.278 e. The van der Waals surface area contributed by atoms with Crippen molar-refractivity contribution in [2.24, 2.45) is 7.05 Å². The Morgan fingerprint density at radius 1 is 1.28 bits per heavy atom. The molecule has 0 aliphatic heterocycles. The van der Waals surface area contributed by atoms with E-state index in [2.05, 4.69) is 25.3 Å². The molecule has 0 aliphatic carbocycles. The van der Waals surface area contributed by atoms with Gasteiger partial charge in [-0.05, 0) is 12.1 Å². The molecule has 0 unspecified atom stereocenters. The Balaban J connectivity index is 1.97. The van der Waals surface area contributed by atoms with Gasteiger partial charge in [0, 0.05) is 19.3 Å². The Kier molecular flexibility index (Phi) is 3.58. The van der Waals surface area contributed by atoms with E-state index in [0.29, 0.717) is 27.0 Å². The molecule has 0 spiro atoms. The van der Waals surface area contributed by atoms with Gasteiger partial charge in [-0.1, -0.05) is 12.1 Å². The van der Waals surface area contributed by atoms with Gasteiger partial charge >= 0.3 is 0 Å². The van der Waals surface area contributed by atoms with E-state index in [-0.39, 0.29) is 5.69 Å². The third kappa shape index (κ3) is 2.58. The summed E-state index contributed by atoms with van der Waals surface area (Å²) in [6.07, 6.45) is 3.07. The fourth-order valence-corrected chi connectivity index (χ4v) is 3.59. The molecular weight excluding hydrogens is 342 g/mol. The molecule has 0 saturated heterocycles. The molecule has 0 aliphatic rings. The summed E-state index contributed by atoms with van der Waals surface area (Å²) in [6.45, 7) is 0. The number of rotatable bonds is 4. The molecule has 1 N–H and O–H groups in total. The van der Waals surface area contributed by atoms with Crippen LogP contribution in [0.25, 0.3) is 32.7 Å². The number of para-hydroxylation sites is 1. The van der Waals surface area contributed by atoms with Crippen molar-refractivity contribution in [2.75, 3.05) is 0 Å². The highest BCUT2D eigenvalue weighted by atomic mass is 32.1. The monoisotopic (exact) mass is 353 g/mol. The summed E-state index contributed by atoms with van der Waals surface area (Å²) in [6, 6.07) is 8.36. The molecule has 0 atom stereocenters. The van der Waals surface area contributed by atoms with Crippen LogP contribution in [0, 0.1) is 10.1 Å². The molecule has 3 aromatic heterocycles. The summed E-state index contributed by atoms with van der Waals surface area (Å²) in [5.74, 6) is 0.513.